The van der Waals surface area contributed by atoms with Gasteiger partial charge in [0, 0.05) is 25.0 Å². The average molecular weight is 369 g/mol. The van der Waals surface area contributed by atoms with E-state index in [1.54, 1.807) is 6.20 Å². The molecular weight excluding hydrogens is 342 g/mol. The highest BCUT2D eigenvalue weighted by atomic mass is 16.4. The third-order valence-corrected chi connectivity index (χ3v) is 5.93. The minimum atomic E-state index is -0.968. The van der Waals surface area contributed by atoms with Crippen LogP contribution in [0.1, 0.15) is 60.6 Å². The summed E-state index contributed by atoms with van der Waals surface area (Å²) in [6.07, 6.45) is 12.6. The number of nitrogens with zero attached hydrogens (tertiary/aromatic N) is 4. The molecule has 0 amide bonds. The minimum Gasteiger partial charge on any atom is -0.478 e. The number of aromatic nitrogens is 3. The lowest BCUT2D eigenvalue weighted by Gasteiger charge is -2.36. The molecule has 2 N–H and O–H groups in total. The molecule has 0 spiro atoms. The molecule has 1 aliphatic heterocycles. The molecule has 3 heterocycles. The van der Waals surface area contributed by atoms with Gasteiger partial charge in [0.25, 0.3) is 0 Å². The molecule has 1 saturated carbocycles. The van der Waals surface area contributed by atoms with Gasteiger partial charge in [-0.3, -0.25) is 9.67 Å². The first-order valence-electron chi connectivity index (χ1n) is 9.86. The number of aryl methyl sites for hydroxylation is 1. The van der Waals surface area contributed by atoms with Gasteiger partial charge in [-0.1, -0.05) is 6.42 Å². The Hall–Kier alpha value is -2.41. The molecule has 1 unspecified atom stereocenters. The van der Waals surface area contributed by atoms with Crippen LogP contribution >= 0.6 is 0 Å². The number of hydrogen-bond donors (Lipinski definition) is 2. The van der Waals surface area contributed by atoms with Crippen molar-refractivity contribution in [2.75, 3.05) is 18.4 Å². The van der Waals surface area contributed by atoms with Crippen molar-refractivity contribution in [3.63, 3.8) is 0 Å². The van der Waals surface area contributed by atoms with Crippen LogP contribution in [-0.2, 0) is 0 Å². The Kier molecular flexibility index (Phi) is 5.11. The van der Waals surface area contributed by atoms with E-state index in [9.17, 15) is 9.90 Å². The topological polar surface area (TPSA) is 83.3 Å². The van der Waals surface area contributed by atoms with E-state index in [4.69, 9.17) is 5.10 Å². The summed E-state index contributed by atoms with van der Waals surface area (Å²) >= 11 is 0. The quantitative estimate of drug-likeness (QED) is 0.838. The molecule has 2 aromatic heterocycles. The van der Waals surface area contributed by atoms with Gasteiger partial charge in [0.15, 0.2) is 0 Å². The molecule has 27 heavy (non-hydrogen) atoms. The Balaban J connectivity index is 1.47. The maximum absolute atomic E-state index is 11.4. The fourth-order valence-corrected chi connectivity index (χ4v) is 4.10. The number of carboxylic acid groups (broad SMARTS) is 1. The summed E-state index contributed by atoms with van der Waals surface area (Å²) in [6.45, 7) is 4.29. The molecule has 0 aromatic carbocycles. The first kappa shape index (κ1) is 18.0. The molecule has 2 aliphatic rings. The SMILES string of the molecule is Cc1nn(C2CCCN(C3CCC3)CC2)cc1Nc1cnccc1C(=O)O. The van der Waals surface area contributed by atoms with E-state index < -0.39 is 5.97 Å². The Labute approximate surface area is 159 Å². The zero-order valence-electron chi connectivity index (χ0n) is 15.8. The number of rotatable bonds is 5. The number of carboxylic acids is 1. The van der Waals surface area contributed by atoms with Gasteiger partial charge in [0.2, 0.25) is 0 Å². The summed E-state index contributed by atoms with van der Waals surface area (Å²) in [4.78, 5) is 18.1. The first-order valence-corrected chi connectivity index (χ1v) is 9.86. The highest BCUT2D eigenvalue weighted by Crippen LogP contribution is 2.31. The molecule has 0 bridgehead atoms. The number of hydrogen-bond acceptors (Lipinski definition) is 5. The molecule has 1 saturated heterocycles. The van der Waals surface area contributed by atoms with Crippen molar-refractivity contribution in [3.8, 4) is 0 Å². The molecular formula is C20H27N5O2. The van der Waals surface area contributed by atoms with Crippen LogP contribution in [0.4, 0.5) is 11.4 Å². The van der Waals surface area contributed by atoms with E-state index in [-0.39, 0.29) is 5.56 Å². The van der Waals surface area contributed by atoms with Crippen molar-refractivity contribution in [3.05, 3.63) is 35.9 Å². The predicted molar refractivity (Wildman–Crippen MR) is 104 cm³/mol. The van der Waals surface area contributed by atoms with Crippen molar-refractivity contribution in [1.29, 1.82) is 0 Å². The van der Waals surface area contributed by atoms with E-state index >= 15 is 0 Å². The molecule has 144 valence electrons. The van der Waals surface area contributed by atoms with E-state index in [1.807, 2.05) is 13.1 Å². The smallest absolute Gasteiger partial charge is 0.337 e. The molecule has 7 nitrogen and oxygen atoms in total. The van der Waals surface area contributed by atoms with Gasteiger partial charge < -0.3 is 15.3 Å². The van der Waals surface area contributed by atoms with Crippen molar-refractivity contribution in [2.45, 2.75) is 57.5 Å². The Morgan fingerprint density at radius 3 is 2.70 bits per heavy atom. The second-order valence-electron chi connectivity index (χ2n) is 7.67. The van der Waals surface area contributed by atoms with Crippen LogP contribution in [0.15, 0.2) is 24.7 Å². The summed E-state index contributed by atoms with van der Waals surface area (Å²) in [5, 5.41) is 17.3. The van der Waals surface area contributed by atoms with Crippen molar-refractivity contribution >= 4 is 17.3 Å². The monoisotopic (exact) mass is 369 g/mol. The van der Waals surface area contributed by atoms with Gasteiger partial charge in [-0.15, -0.1) is 0 Å². The van der Waals surface area contributed by atoms with Crippen LogP contribution in [0.3, 0.4) is 0 Å². The van der Waals surface area contributed by atoms with Crippen LogP contribution in [0.2, 0.25) is 0 Å². The van der Waals surface area contributed by atoms with Gasteiger partial charge in [-0.2, -0.15) is 5.10 Å². The van der Waals surface area contributed by atoms with Crippen molar-refractivity contribution in [2.24, 2.45) is 0 Å². The Morgan fingerprint density at radius 1 is 1.15 bits per heavy atom. The van der Waals surface area contributed by atoms with Gasteiger partial charge >= 0.3 is 5.97 Å². The number of pyridine rings is 1. The lowest BCUT2D eigenvalue weighted by molar-refractivity contribution is 0.0698. The lowest BCUT2D eigenvalue weighted by Crippen LogP contribution is -2.40. The summed E-state index contributed by atoms with van der Waals surface area (Å²) in [6, 6.07) is 2.71. The minimum absolute atomic E-state index is 0.211. The Bertz CT molecular complexity index is 814. The fourth-order valence-electron chi connectivity index (χ4n) is 4.10. The van der Waals surface area contributed by atoms with E-state index in [1.165, 1.54) is 44.5 Å². The standard InChI is InChI=1S/C20H27N5O2/c1-14-19(22-18-12-21-9-7-17(18)20(26)27)13-25(23-14)16-6-3-10-24(11-8-16)15-4-2-5-15/h7,9,12-13,15-16,22H,2-6,8,10-11H2,1H3,(H,26,27). The Morgan fingerprint density at radius 2 is 1.96 bits per heavy atom. The van der Waals surface area contributed by atoms with Crippen LogP contribution < -0.4 is 5.32 Å². The maximum Gasteiger partial charge on any atom is 0.337 e. The molecule has 7 heteroatoms. The molecule has 4 rings (SSSR count). The number of nitrogens with one attached hydrogen (secondary N) is 1. The first-order chi connectivity index (χ1) is 13.1. The molecule has 2 fully saturated rings. The summed E-state index contributed by atoms with van der Waals surface area (Å²) in [5.74, 6) is -0.968. The van der Waals surface area contributed by atoms with Crippen LogP contribution in [0.25, 0.3) is 0 Å². The zero-order valence-corrected chi connectivity index (χ0v) is 15.8. The number of likely N-dealkylation sites (tertiary alicyclic amines) is 1. The van der Waals surface area contributed by atoms with E-state index in [2.05, 4.69) is 19.9 Å². The van der Waals surface area contributed by atoms with Gasteiger partial charge in [-0.05, 0) is 51.6 Å². The number of anilines is 2. The third-order valence-electron chi connectivity index (χ3n) is 5.93. The van der Waals surface area contributed by atoms with Crippen molar-refractivity contribution in [1.82, 2.24) is 19.7 Å². The predicted octanol–water partition coefficient (Wildman–Crippen LogP) is 3.61. The van der Waals surface area contributed by atoms with Gasteiger partial charge in [0.1, 0.15) is 0 Å². The third kappa shape index (κ3) is 3.83. The second kappa shape index (κ2) is 7.68. The largest absolute Gasteiger partial charge is 0.478 e. The molecule has 2 aromatic rings. The lowest BCUT2D eigenvalue weighted by atomic mass is 9.91. The normalized spacial score (nSPS) is 21.4. The van der Waals surface area contributed by atoms with Crippen molar-refractivity contribution < 1.29 is 9.90 Å². The average Bonchev–Trinajstić information content (AvgIpc) is 2.81. The summed E-state index contributed by atoms with van der Waals surface area (Å²) in [5.41, 5.74) is 2.41. The summed E-state index contributed by atoms with van der Waals surface area (Å²) in [7, 11) is 0. The van der Waals surface area contributed by atoms with E-state index in [0.29, 0.717) is 11.7 Å². The van der Waals surface area contributed by atoms with Crippen LogP contribution in [-0.4, -0.2) is 49.9 Å². The molecule has 0 radical (unpaired) electrons. The zero-order chi connectivity index (χ0) is 18.8. The summed E-state index contributed by atoms with van der Waals surface area (Å²) < 4.78 is 2.07. The van der Waals surface area contributed by atoms with Gasteiger partial charge in [0.05, 0.1) is 34.9 Å². The molecule has 1 atom stereocenters. The second-order valence-corrected chi connectivity index (χ2v) is 7.67. The number of carbonyl (C=O) groups is 1. The maximum atomic E-state index is 11.4. The van der Waals surface area contributed by atoms with Crippen LogP contribution in [0, 0.1) is 6.92 Å². The van der Waals surface area contributed by atoms with Crippen LogP contribution in [0.5, 0.6) is 0 Å². The molecule has 1 aliphatic carbocycles. The highest BCUT2D eigenvalue weighted by molar-refractivity contribution is 5.94. The highest BCUT2D eigenvalue weighted by Gasteiger charge is 2.28. The van der Waals surface area contributed by atoms with E-state index in [0.717, 1.165) is 36.8 Å². The van der Waals surface area contributed by atoms with Gasteiger partial charge in [-0.25, -0.2) is 4.79 Å². The number of aromatic carboxylic acids is 1. The fraction of sp³-hybridized carbons (Fsp3) is 0.550.